The molecule has 0 spiro atoms. The number of rotatable bonds is 9. The standard InChI is InChI=1S/C15H21NO4S/c1-12-3-5-13(6-4-12)21-10-7-14(17)16(8-9-20-2)11-15(18)19/h3-6H,7-11H2,1-2H3,(H,18,19). The summed E-state index contributed by atoms with van der Waals surface area (Å²) in [5.74, 6) is -0.537. The minimum Gasteiger partial charge on any atom is -0.480 e. The molecule has 0 aliphatic carbocycles. The number of carbonyl (C=O) groups excluding carboxylic acids is 1. The maximum atomic E-state index is 12.0. The zero-order chi connectivity index (χ0) is 15.7. The topological polar surface area (TPSA) is 66.8 Å². The van der Waals surface area contributed by atoms with Crippen LogP contribution in [-0.2, 0) is 14.3 Å². The Labute approximate surface area is 129 Å². The number of benzene rings is 1. The molecule has 0 atom stereocenters. The molecule has 0 aliphatic heterocycles. The quantitative estimate of drug-likeness (QED) is 0.707. The highest BCUT2D eigenvalue weighted by atomic mass is 32.2. The number of thioether (sulfide) groups is 1. The SMILES string of the molecule is COCCN(CC(=O)O)C(=O)CCSc1ccc(C)cc1. The van der Waals surface area contributed by atoms with Crippen molar-refractivity contribution in [1.29, 1.82) is 0 Å². The van der Waals surface area contributed by atoms with Gasteiger partial charge in [0.15, 0.2) is 0 Å². The predicted molar refractivity (Wildman–Crippen MR) is 82.6 cm³/mol. The largest absolute Gasteiger partial charge is 0.480 e. The molecule has 5 nitrogen and oxygen atoms in total. The summed E-state index contributed by atoms with van der Waals surface area (Å²) in [5, 5.41) is 8.82. The van der Waals surface area contributed by atoms with Crippen LogP contribution in [0.3, 0.4) is 0 Å². The van der Waals surface area contributed by atoms with Crippen molar-refractivity contribution in [1.82, 2.24) is 4.90 Å². The van der Waals surface area contributed by atoms with Crippen molar-refractivity contribution in [2.24, 2.45) is 0 Å². The van der Waals surface area contributed by atoms with Gasteiger partial charge in [0.25, 0.3) is 0 Å². The molecular weight excluding hydrogens is 290 g/mol. The summed E-state index contributed by atoms with van der Waals surface area (Å²) in [6.07, 6.45) is 0.315. The van der Waals surface area contributed by atoms with E-state index in [1.165, 1.54) is 17.6 Å². The van der Waals surface area contributed by atoms with Crippen molar-refractivity contribution in [2.45, 2.75) is 18.2 Å². The molecule has 0 fully saturated rings. The first-order valence-electron chi connectivity index (χ1n) is 6.71. The molecule has 1 amide bonds. The zero-order valence-corrected chi connectivity index (χ0v) is 13.2. The molecular formula is C15H21NO4S. The Morgan fingerprint density at radius 2 is 1.95 bits per heavy atom. The number of aliphatic carboxylic acids is 1. The summed E-state index contributed by atoms with van der Waals surface area (Å²) in [4.78, 5) is 25.2. The summed E-state index contributed by atoms with van der Waals surface area (Å²) in [5.41, 5.74) is 1.20. The van der Waals surface area contributed by atoms with Gasteiger partial charge >= 0.3 is 5.97 Å². The van der Waals surface area contributed by atoms with Gasteiger partial charge in [-0.1, -0.05) is 17.7 Å². The predicted octanol–water partition coefficient (Wildman–Crippen LogP) is 2.04. The van der Waals surface area contributed by atoms with Gasteiger partial charge in [0.05, 0.1) is 6.61 Å². The first kappa shape index (κ1) is 17.5. The van der Waals surface area contributed by atoms with E-state index >= 15 is 0 Å². The minimum absolute atomic E-state index is 0.158. The molecule has 21 heavy (non-hydrogen) atoms. The van der Waals surface area contributed by atoms with Crippen LogP contribution in [0.15, 0.2) is 29.2 Å². The second kappa shape index (κ2) is 9.41. The molecule has 1 aromatic carbocycles. The number of aryl methyl sites for hydroxylation is 1. The third-order valence-electron chi connectivity index (χ3n) is 2.85. The second-order valence-electron chi connectivity index (χ2n) is 4.61. The Hall–Kier alpha value is -1.53. The van der Waals surface area contributed by atoms with Crippen LogP contribution >= 0.6 is 11.8 Å². The molecule has 116 valence electrons. The van der Waals surface area contributed by atoms with Crippen LogP contribution in [0.25, 0.3) is 0 Å². The van der Waals surface area contributed by atoms with E-state index in [2.05, 4.69) is 0 Å². The lowest BCUT2D eigenvalue weighted by Crippen LogP contribution is -2.38. The van der Waals surface area contributed by atoms with Crippen molar-refractivity contribution in [3.8, 4) is 0 Å². The Morgan fingerprint density at radius 3 is 2.52 bits per heavy atom. The van der Waals surface area contributed by atoms with Crippen LogP contribution in [-0.4, -0.2) is 54.4 Å². The van der Waals surface area contributed by atoms with Gasteiger partial charge in [0, 0.05) is 30.7 Å². The van der Waals surface area contributed by atoms with E-state index < -0.39 is 5.97 Å². The number of ether oxygens (including phenoxy) is 1. The van der Waals surface area contributed by atoms with E-state index in [0.717, 1.165) is 4.90 Å². The molecule has 0 saturated heterocycles. The first-order valence-corrected chi connectivity index (χ1v) is 7.69. The fourth-order valence-corrected chi connectivity index (χ4v) is 2.55. The second-order valence-corrected chi connectivity index (χ2v) is 5.78. The van der Waals surface area contributed by atoms with Crippen molar-refractivity contribution >= 4 is 23.6 Å². The third kappa shape index (κ3) is 7.15. The van der Waals surface area contributed by atoms with Crippen molar-refractivity contribution in [2.75, 3.05) is 32.6 Å². The summed E-state index contributed by atoms with van der Waals surface area (Å²) in [7, 11) is 1.52. The van der Waals surface area contributed by atoms with Gasteiger partial charge < -0.3 is 14.7 Å². The van der Waals surface area contributed by atoms with Gasteiger partial charge in [0.1, 0.15) is 6.54 Å². The molecule has 0 aromatic heterocycles. The molecule has 6 heteroatoms. The van der Waals surface area contributed by atoms with E-state index in [1.54, 1.807) is 11.8 Å². The van der Waals surface area contributed by atoms with Gasteiger partial charge in [-0.05, 0) is 19.1 Å². The van der Waals surface area contributed by atoms with E-state index in [9.17, 15) is 9.59 Å². The van der Waals surface area contributed by atoms with Crippen molar-refractivity contribution in [3.63, 3.8) is 0 Å². The van der Waals surface area contributed by atoms with Crippen LogP contribution in [0.2, 0.25) is 0 Å². The number of hydrogen-bond donors (Lipinski definition) is 1. The lowest BCUT2D eigenvalue weighted by molar-refractivity contribution is -0.144. The smallest absolute Gasteiger partial charge is 0.323 e. The highest BCUT2D eigenvalue weighted by molar-refractivity contribution is 7.99. The monoisotopic (exact) mass is 311 g/mol. The number of hydrogen-bond acceptors (Lipinski definition) is 4. The van der Waals surface area contributed by atoms with Crippen molar-refractivity contribution < 1.29 is 19.4 Å². The molecule has 0 unspecified atom stereocenters. The highest BCUT2D eigenvalue weighted by Gasteiger charge is 2.16. The Kier molecular flexibility index (Phi) is 7.85. The molecule has 0 heterocycles. The molecule has 0 aliphatic rings. The summed E-state index contributed by atoms with van der Waals surface area (Å²) in [6.45, 7) is 2.38. The molecule has 1 N–H and O–H groups in total. The van der Waals surface area contributed by atoms with E-state index in [0.29, 0.717) is 25.3 Å². The lowest BCUT2D eigenvalue weighted by Gasteiger charge is -2.20. The van der Waals surface area contributed by atoms with Crippen LogP contribution in [0.1, 0.15) is 12.0 Å². The zero-order valence-electron chi connectivity index (χ0n) is 12.4. The normalized spacial score (nSPS) is 10.4. The molecule has 0 saturated carbocycles. The van der Waals surface area contributed by atoms with Gasteiger partial charge in [-0.3, -0.25) is 9.59 Å². The number of nitrogens with zero attached hydrogens (tertiary/aromatic N) is 1. The van der Waals surface area contributed by atoms with Crippen LogP contribution in [0, 0.1) is 6.92 Å². The van der Waals surface area contributed by atoms with Crippen LogP contribution in [0.4, 0.5) is 0 Å². The van der Waals surface area contributed by atoms with Gasteiger partial charge in [0.2, 0.25) is 5.91 Å². The minimum atomic E-state index is -1.01. The first-order chi connectivity index (χ1) is 10.0. The maximum Gasteiger partial charge on any atom is 0.323 e. The van der Waals surface area contributed by atoms with Crippen LogP contribution < -0.4 is 0 Å². The van der Waals surface area contributed by atoms with Gasteiger partial charge in [-0.2, -0.15) is 0 Å². The molecule has 1 rings (SSSR count). The maximum absolute atomic E-state index is 12.0. The number of methoxy groups -OCH3 is 1. The van der Waals surface area contributed by atoms with Gasteiger partial charge in [-0.25, -0.2) is 0 Å². The summed E-state index contributed by atoms with van der Waals surface area (Å²) < 4.78 is 4.90. The van der Waals surface area contributed by atoms with Crippen LogP contribution in [0.5, 0.6) is 0 Å². The highest BCUT2D eigenvalue weighted by Crippen LogP contribution is 2.19. The summed E-state index contributed by atoms with van der Waals surface area (Å²) >= 11 is 1.59. The van der Waals surface area contributed by atoms with Gasteiger partial charge in [-0.15, -0.1) is 11.8 Å². The molecule has 1 aromatic rings. The third-order valence-corrected chi connectivity index (χ3v) is 3.86. The van der Waals surface area contributed by atoms with E-state index in [4.69, 9.17) is 9.84 Å². The number of carboxylic acids is 1. The fourth-order valence-electron chi connectivity index (χ4n) is 1.71. The number of amides is 1. The average molecular weight is 311 g/mol. The fraction of sp³-hybridized carbons (Fsp3) is 0.467. The van der Waals surface area contributed by atoms with E-state index in [-0.39, 0.29) is 12.5 Å². The van der Waals surface area contributed by atoms with Crippen molar-refractivity contribution in [3.05, 3.63) is 29.8 Å². The molecule has 0 radical (unpaired) electrons. The number of carbonyl (C=O) groups is 2. The number of carboxylic acid groups (broad SMARTS) is 1. The Balaban J connectivity index is 2.41. The summed E-state index contributed by atoms with van der Waals surface area (Å²) in [6, 6.07) is 8.09. The average Bonchev–Trinajstić information content (AvgIpc) is 2.45. The van der Waals surface area contributed by atoms with E-state index in [1.807, 2.05) is 31.2 Å². The molecule has 0 bridgehead atoms. The lowest BCUT2D eigenvalue weighted by atomic mass is 10.2. The Bertz CT molecular complexity index is 461. The Morgan fingerprint density at radius 1 is 1.29 bits per heavy atom.